The Morgan fingerprint density at radius 3 is 2.68 bits per heavy atom. The molecule has 0 aliphatic carbocycles. The molecule has 1 aromatic carbocycles. The van der Waals surface area contributed by atoms with Crippen LogP contribution in [0.25, 0.3) is 11.3 Å². The highest BCUT2D eigenvalue weighted by Crippen LogP contribution is 2.25. The van der Waals surface area contributed by atoms with E-state index in [9.17, 15) is 9.59 Å². The van der Waals surface area contributed by atoms with Gasteiger partial charge in [-0.2, -0.15) is 5.10 Å². The number of aromatic nitrogens is 3. The van der Waals surface area contributed by atoms with Crippen molar-refractivity contribution in [2.45, 2.75) is 13.0 Å². The predicted octanol–water partition coefficient (Wildman–Crippen LogP) is 2.15. The van der Waals surface area contributed by atoms with Gasteiger partial charge in [0, 0.05) is 43.7 Å². The summed E-state index contributed by atoms with van der Waals surface area (Å²) in [6.45, 7) is 0.729. The Bertz CT molecular complexity index is 985. The van der Waals surface area contributed by atoms with E-state index < -0.39 is 0 Å². The summed E-state index contributed by atoms with van der Waals surface area (Å²) >= 11 is 0. The van der Waals surface area contributed by atoms with Crippen LogP contribution < -0.4 is 10.2 Å². The Hall–Kier alpha value is -3.48. The Balaban J connectivity index is 1.38. The molecule has 2 amide bonds. The lowest BCUT2D eigenvalue weighted by Crippen LogP contribution is -2.32. The molecule has 0 radical (unpaired) electrons. The number of hydrogen-bond acceptors (Lipinski definition) is 4. The molecule has 3 aromatic rings. The van der Waals surface area contributed by atoms with Crippen LogP contribution >= 0.6 is 0 Å². The predicted molar refractivity (Wildman–Crippen MR) is 105 cm³/mol. The van der Waals surface area contributed by atoms with E-state index in [0.717, 1.165) is 22.6 Å². The molecule has 1 unspecified atom stereocenters. The number of hydrogen-bond donors (Lipinski definition) is 1. The summed E-state index contributed by atoms with van der Waals surface area (Å²) in [5.74, 6) is -0.497. The standard InChI is InChI=1S/C21H21N5O2/c1-25-19(15-7-9-22-10-8-15)12-17(24-25)13-23-21(28)16-11-20(27)26(14-16)18-5-3-2-4-6-18/h2-10,12,16H,11,13-14H2,1H3,(H,23,28). The van der Waals surface area contributed by atoms with Gasteiger partial charge >= 0.3 is 0 Å². The van der Waals surface area contributed by atoms with E-state index in [2.05, 4.69) is 15.4 Å². The van der Waals surface area contributed by atoms with Crippen molar-refractivity contribution in [1.29, 1.82) is 0 Å². The molecule has 1 saturated heterocycles. The van der Waals surface area contributed by atoms with E-state index in [1.165, 1.54) is 0 Å². The van der Waals surface area contributed by atoms with Crippen LogP contribution in [0.5, 0.6) is 0 Å². The number of rotatable bonds is 5. The van der Waals surface area contributed by atoms with Crippen LogP contribution in [0.3, 0.4) is 0 Å². The SMILES string of the molecule is Cn1nc(CNC(=O)C2CC(=O)N(c3ccccc3)C2)cc1-c1ccncc1. The van der Waals surface area contributed by atoms with Gasteiger partial charge in [-0.1, -0.05) is 18.2 Å². The molecule has 1 atom stereocenters. The van der Waals surface area contributed by atoms with Gasteiger partial charge < -0.3 is 10.2 Å². The molecule has 4 rings (SSSR count). The fourth-order valence-electron chi connectivity index (χ4n) is 3.47. The van der Waals surface area contributed by atoms with E-state index in [0.29, 0.717) is 13.1 Å². The van der Waals surface area contributed by atoms with Gasteiger partial charge in [-0.15, -0.1) is 0 Å². The van der Waals surface area contributed by atoms with Gasteiger partial charge in [0.25, 0.3) is 0 Å². The molecule has 1 aliphatic rings. The first kappa shape index (κ1) is 17.9. The molecule has 1 aliphatic heterocycles. The molecule has 0 bridgehead atoms. The van der Waals surface area contributed by atoms with E-state index >= 15 is 0 Å². The molecule has 7 nitrogen and oxygen atoms in total. The monoisotopic (exact) mass is 375 g/mol. The average Bonchev–Trinajstić information content (AvgIpc) is 3.30. The van der Waals surface area contributed by atoms with Gasteiger partial charge in [0.05, 0.1) is 23.9 Å². The minimum Gasteiger partial charge on any atom is -0.350 e. The van der Waals surface area contributed by atoms with Crippen molar-refractivity contribution >= 4 is 17.5 Å². The van der Waals surface area contributed by atoms with E-state index in [4.69, 9.17) is 0 Å². The second-order valence-corrected chi connectivity index (χ2v) is 6.84. The number of anilines is 1. The number of nitrogens with one attached hydrogen (secondary N) is 1. The minimum atomic E-state index is -0.351. The Morgan fingerprint density at radius 2 is 1.93 bits per heavy atom. The lowest BCUT2D eigenvalue weighted by atomic mass is 10.1. The number of aryl methyl sites for hydroxylation is 1. The average molecular weight is 375 g/mol. The molecule has 28 heavy (non-hydrogen) atoms. The third-order valence-electron chi connectivity index (χ3n) is 4.91. The summed E-state index contributed by atoms with van der Waals surface area (Å²) in [4.78, 5) is 30.6. The van der Waals surface area contributed by atoms with Gasteiger partial charge in [-0.3, -0.25) is 19.3 Å². The number of amides is 2. The van der Waals surface area contributed by atoms with Crippen molar-refractivity contribution < 1.29 is 9.59 Å². The number of carbonyl (C=O) groups excluding carboxylic acids is 2. The summed E-state index contributed by atoms with van der Waals surface area (Å²) in [5.41, 5.74) is 3.57. The van der Waals surface area contributed by atoms with Crippen molar-refractivity contribution in [1.82, 2.24) is 20.1 Å². The summed E-state index contributed by atoms with van der Waals surface area (Å²) in [7, 11) is 1.87. The summed E-state index contributed by atoms with van der Waals surface area (Å²) in [6.07, 6.45) is 3.70. The van der Waals surface area contributed by atoms with E-state index in [1.54, 1.807) is 22.0 Å². The molecule has 1 fully saturated rings. The highest BCUT2D eigenvalue weighted by molar-refractivity contribution is 6.00. The van der Waals surface area contributed by atoms with Crippen LogP contribution in [0.4, 0.5) is 5.69 Å². The van der Waals surface area contributed by atoms with Crippen LogP contribution in [0.15, 0.2) is 60.9 Å². The van der Waals surface area contributed by atoms with Gasteiger partial charge in [0.15, 0.2) is 0 Å². The molecule has 7 heteroatoms. The Kier molecular flexibility index (Phi) is 4.89. The normalized spacial score (nSPS) is 16.4. The first-order valence-electron chi connectivity index (χ1n) is 9.18. The van der Waals surface area contributed by atoms with Crippen molar-refractivity contribution in [3.63, 3.8) is 0 Å². The molecular formula is C21H21N5O2. The summed E-state index contributed by atoms with van der Waals surface area (Å²) in [5, 5.41) is 7.39. The second-order valence-electron chi connectivity index (χ2n) is 6.84. The van der Waals surface area contributed by atoms with Crippen molar-refractivity contribution in [2.24, 2.45) is 13.0 Å². The van der Waals surface area contributed by atoms with Crippen molar-refractivity contribution in [3.8, 4) is 11.3 Å². The van der Waals surface area contributed by atoms with Gasteiger partial charge in [-0.25, -0.2) is 0 Å². The lowest BCUT2D eigenvalue weighted by Gasteiger charge is -2.16. The molecule has 142 valence electrons. The molecule has 2 aromatic heterocycles. The molecule has 1 N–H and O–H groups in total. The fraction of sp³-hybridized carbons (Fsp3) is 0.238. The largest absolute Gasteiger partial charge is 0.350 e. The number of para-hydroxylation sites is 1. The van der Waals surface area contributed by atoms with Gasteiger partial charge in [-0.05, 0) is 30.3 Å². The fourth-order valence-corrected chi connectivity index (χ4v) is 3.47. The van der Waals surface area contributed by atoms with Crippen LogP contribution in [0, 0.1) is 5.92 Å². The van der Waals surface area contributed by atoms with Crippen LogP contribution in [-0.2, 0) is 23.2 Å². The zero-order valence-corrected chi connectivity index (χ0v) is 15.6. The Labute approximate surface area is 163 Å². The molecule has 0 spiro atoms. The Morgan fingerprint density at radius 1 is 1.18 bits per heavy atom. The molecule has 0 saturated carbocycles. The highest BCUT2D eigenvalue weighted by atomic mass is 16.2. The van der Waals surface area contributed by atoms with Gasteiger partial charge in [0.1, 0.15) is 0 Å². The number of pyridine rings is 1. The smallest absolute Gasteiger partial charge is 0.227 e. The number of nitrogens with zero attached hydrogens (tertiary/aromatic N) is 4. The zero-order chi connectivity index (χ0) is 19.5. The molecular weight excluding hydrogens is 354 g/mol. The quantitative estimate of drug-likeness (QED) is 0.741. The number of benzene rings is 1. The van der Waals surface area contributed by atoms with Crippen LogP contribution in [0.2, 0.25) is 0 Å². The van der Waals surface area contributed by atoms with E-state index in [1.807, 2.05) is 55.6 Å². The molecule has 3 heterocycles. The van der Waals surface area contributed by atoms with Crippen LogP contribution in [-0.4, -0.2) is 33.1 Å². The maximum absolute atomic E-state index is 12.6. The lowest BCUT2D eigenvalue weighted by molar-refractivity contribution is -0.126. The second kappa shape index (κ2) is 7.64. The summed E-state index contributed by atoms with van der Waals surface area (Å²) < 4.78 is 1.78. The minimum absolute atomic E-state index is 0.0239. The zero-order valence-electron chi connectivity index (χ0n) is 15.6. The van der Waals surface area contributed by atoms with Crippen molar-refractivity contribution in [2.75, 3.05) is 11.4 Å². The van der Waals surface area contributed by atoms with Crippen LogP contribution in [0.1, 0.15) is 12.1 Å². The maximum Gasteiger partial charge on any atom is 0.227 e. The number of carbonyl (C=O) groups is 2. The van der Waals surface area contributed by atoms with Crippen molar-refractivity contribution in [3.05, 3.63) is 66.6 Å². The van der Waals surface area contributed by atoms with Gasteiger partial charge in [0.2, 0.25) is 11.8 Å². The topological polar surface area (TPSA) is 80.1 Å². The first-order chi connectivity index (χ1) is 13.6. The third-order valence-corrected chi connectivity index (χ3v) is 4.91. The first-order valence-corrected chi connectivity index (χ1v) is 9.18. The maximum atomic E-state index is 12.6. The third kappa shape index (κ3) is 3.64. The summed E-state index contributed by atoms with van der Waals surface area (Å²) in [6, 6.07) is 15.2. The highest BCUT2D eigenvalue weighted by Gasteiger charge is 2.34. The van der Waals surface area contributed by atoms with E-state index in [-0.39, 0.29) is 24.2 Å².